The van der Waals surface area contributed by atoms with E-state index in [9.17, 15) is 0 Å². The highest BCUT2D eigenvalue weighted by Gasteiger charge is 2.28. The smallest absolute Gasteiger partial charge is 0.0195 e. The van der Waals surface area contributed by atoms with Crippen molar-refractivity contribution in [3.8, 4) is 0 Å². The van der Waals surface area contributed by atoms with Gasteiger partial charge in [-0.05, 0) is 56.3 Å². The minimum atomic E-state index is 0.732. The molecule has 0 spiro atoms. The van der Waals surface area contributed by atoms with E-state index in [-0.39, 0.29) is 0 Å². The Morgan fingerprint density at radius 1 is 1.20 bits per heavy atom. The molecule has 2 aliphatic rings. The second-order valence-electron chi connectivity index (χ2n) is 6.47. The van der Waals surface area contributed by atoms with E-state index in [2.05, 4.69) is 41.4 Å². The van der Waals surface area contributed by atoms with E-state index in [0.29, 0.717) is 0 Å². The zero-order valence-corrected chi connectivity index (χ0v) is 12.8. The van der Waals surface area contributed by atoms with Gasteiger partial charge in [-0.25, -0.2) is 0 Å². The van der Waals surface area contributed by atoms with Crippen LogP contribution in [-0.4, -0.2) is 36.6 Å². The summed E-state index contributed by atoms with van der Waals surface area (Å²) in [5, 5.41) is 3.67. The number of nitrogens with zero attached hydrogens (tertiary/aromatic N) is 1. The molecular weight excluding hydrogens is 244 g/mol. The van der Waals surface area contributed by atoms with Crippen LogP contribution in [0.2, 0.25) is 0 Å². The van der Waals surface area contributed by atoms with Gasteiger partial charge in [0.25, 0.3) is 0 Å². The Kier molecular flexibility index (Phi) is 4.74. The molecule has 1 aromatic rings. The topological polar surface area (TPSA) is 15.3 Å². The molecule has 1 heterocycles. The highest BCUT2D eigenvalue weighted by Crippen LogP contribution is 2.26. The van der Waals surface area contributed by atoms with E-state index in [1.807, 2.05) is 0 Å². The van der Waals surface area contributed by atoms with E-state index in [0.717, 1.165) is 12.1 Å². The minimum absolute atomic E-state index is 0.732. The standard InChI is InChI=1S/C18H28N2/c1-2-3-11-20(14-17-9-6-10-19-17)18-12-15-7-4-5-8-16(15)13-18/h4-5,7-8,17-19H,2-3,6,9-14H2,1H3. The first-order chi connectivity index (χ1) is 9.86. The molecule has 20 heavy (non-hydrogen) atoms. The van der Waals surface area contributed by atoms with Crippen LogP contribution in [-0.2, 0) is 12.8 Å². The second kappa shape index (κ2) is 6.73. The number of hydrogen-bond donors (Lipinski definition) is 1. The fraction of sp³-hybridized carbons (Fsp3) is 0.667. The normalized spacial score (nSPS) is 22.6. The molecule has 1 N–H and O–H groups in total. The lowest BCUT2D eigenvalue weighted by Gasteiger charge is -2.31. The Labute approximate surface area is 123 Å². The number of benzene rings is 1. The summed E-state index contributed by atoms with van der Waals surface area (Å²) < 4.78 is 0. The van der Waals surface area contributed by atoms with Gasteiger partial charge in [0, 0.05) is 18.6 Å². The summed E-state index contributed by atoms with van der Waals surface area (Å²) in [6.45, 7) is 6.04. The van der Waals surface area contributed by atoms with Crippen LogP contribution in [0.15, 0.2) is 24.3 Å². The fourth-order valence-electron chi connectivity index (χ4n) is 3.77. The van der Waals surface area contributed by atoms with Gasteiger partial charge in [-0.2, -0.15) is 0 Å². The van der Waals surface area contributed by atoms with Gasteiger partial charge < -0.3 is 5.32 Å². The molecule has 1 fully saturated rings. The molecule has 2 nitrogen and oxygen atoms in total. The Morgan fingerprint density at radius 2 is 1.95 bits per heavy atom. The number of rotatable bonds is 6. The molecule has 0 aromatic heterocycles. The van der Waals surface area contributed by atoms with Gasteiger partial charge >= 0.3 is 0 Å². The van der Waals surface area contributed by atoms with Crippen molar-refractivity contribution >= 4 is 0 Å². The Balaban J connectivity index is 1.63. The van der Waals surface area contributed by atoms with Crippen molar-refractivity contribution in [3.63, 3.8) is 0 Å². The van der Waals surface area contributed by atoms with E-state index in [4.69, 9.17) is 0 Å². The number of unbranched alkanes of at least 4 members (excludes halogenated alkanes) is 1. The van der Waals surface area contributed by atoms with Crippen LogP contribution in [0.3, 0.4) is 0 Å². The maximum Gasteiger partial charge on any atom is 0.0195 e. The molecule has 110 valence electrons. The zero-order chi connectivity index (χ0) is 13.8. The largest absolute Gasteiger partial charge is 0.313 e. The summed E-state index contributed by atoms with van der Waals surface area (Å²) in [5.41, 5.74) is 3.16. The van der Waals surface area contributed by atoms with Crippen molar-refractivity contribution in [1.29, 1.82) is 0 Å². The van der Waals surface area contributed by atoms with Crippen LogP contribution >= 0.6 is 0 Å². The van der Waals surface area contributed by atoms with Gasteiger partial charge in [-0.3, -0.25) is 4.90 Å². The summed E-state index contributed by atoms with van der Waals surface area (Å²) in [6.07, 6.45) is 7.87. The molecule has 0 saturated carbocycles. The molecule has 1 aromatic carbocycles. The van der Waals surface area contributed by atoms with Crippen LogP contribution in [0.5, 0.6) is 0 Å². The predicted octanol–water partition coefficient (Wildman–Crippen LogP) is 3.01. The van der Waals surface area contributed by atoms with Crippen molar-refractivity contribution in [2.24, 2.45) is 0 Å². The van der Waals surface area contributed by atoms with Crippen LogP contribution in [0.25, 0.3) is 0 Å². The Morgan fingerprint density at radius 3 is 2.55 bits per heavy atom. The summed E-state index contributed by atoms with van der Waals surface area (Å²) >= 11 is 0. The highest BCUT2D eigenvalue weighted by molar-refractivity contribution is 5.33. The summed E-state index contributed by atoms with van der Waals surface area (Å²) in [4.78, 5) is 2.77. The molecule has 1 unspecified atom stereocenters. The molecule has 1 aliphatic carbocycles. The lowest BCUT2D eigenvalue weighted by molar-refractivity contribution is 0.181. The quantitative estimate of drug-likeness (QED) is 0.856. The van der Waals surface area contributed by atoms with Crippen LogP contribution < -0.4 is 5.32 Å². The van der Waals surface area contributed by atoms with Crippen molar-refractivity contribution in [1.82, 2.24) is 10.2 Å². The molecule has 0 radical (unpaired) electrons. The van der Waals surface area contributed by atoms with E-state index in [1.54, 1.807) is 11.1 Å². The van der Waals surface area contributed by atoms with Gasteiger partial charge in [0.15, 0.2) is 0 Å². The zero-order valence-electron chi connectivity index (χ0n) is 12.8. The fourth-order valence-corrected chi connectivity index (χ4v) is 3.77. The minimum Gasteiger partial charge on any atom is -0.313 e. The van der Waals surface area contributed by atoms with Crippen molar-refractivity contribution in [2.45, 2.75) is 57.5 Å². The first-order valence-corrected chi connectivity index (χ1v) is 8.41. The molecule has 1 aliphatic heterocycles. The molecule has 2 heteroatoms. The predicted molar refractivity (Wildman–Crippen MR) is 85.1 cm³/mol. The first-order valence-electron chi connectivity index (χ1n) is 8.41. The van der Waals surface area contributed by atoms with Gasteiger partial charge in [-0.15, -0.1) is 0 Å². The van der Waals surface area contributed by atoms with Gasteiger partial charge in [0.05, 0.1) is 0 Å². The molecule has 3 rings (SSSR count). The lowest BCUT2D eigenvalue weighted by Crippen LogP contribution is -2.44. The van der Waals surface area contributed by atoms with Crippen LogP contribution in [0.4, 0.5) is 0 Å². The molecule has 0 bridgehead atoms. The van der Waals surface area contributed by atoms with E-state index in [1.165, 1.54) is 58.2 Å². The molecule has 1 saturated heterocycles. The average molecular weight is 272 g/mol. The van der Waals surface area contributed by atoms with E-state index < -0.39 is 0 Å². The maximum atomic E-state index is 3.67. The van der Waals surface area contributed by atoms with E-state index >= 15 is 0 Å². The first kappa shape index (κ1) is 14.1. The van der Waals surface area contributed by atoms with Gasteiger partial charge in [0.1, 0.15) is 0 Å². The van der Waals surface area contributed by atoms with Crippen LogP contribution in [0.1, 0.15) is 43.7 Å². The average Bonchev–Trinajstić information content (AvgIpc) is 3.12. The highest BCUT2D eigenvalue weighted by atomic mass is 15.2. The third-order valence-electron chi connectivity index (χ3n) is 4.96. The van der Waals surface area contributed by atoms with Gasteiger partial charge in [-0.1, -0.05) is 37.6 Å². The maximum absolute atomic E-state index is 3.67. The second-order valence-corrected chi connectivity index (χ2v) is 6.47. The number of hydrogen-bond acceptors (Lipinski definition) is 2. The van der Waals surface area contributed by atoms with Crippen molar-refractivity contribution < 1.29 is 0 Å². The summed E-state index contributed by atoms with van der Waals surface area (Å²) in [6, 6.07) is 10.5. The third kappa shape index (κ3) is 3.24. The number of fused-ring (bicyclic) bond motifs is 1. The van der Waals surface area contributed by atoms with Crippen molar-refractivity contribution in [3.05, 3.63) is 35.4 Å². The van der Waals surface area contributed by atoms with Crippen molar-refractivity contribution in [2.75, 3.05) is 19.6 Å². The summed E-state index contributed by atoms with van der Waals surface area (Å²) in [5.74, 6) is 0. The van der Waals surface area contributed by atoms with Crippen LogP contribution in [0, 0.1) is 0 Å². The third-order valence-corrected chi connectivity index (χ3v) is 4.96. The lowest BCUT2D eigenvalue weighted by atomic mass is 10.1. The molecule has 1 atom stereocenters. The SMILES string of the molecule is CCCCN(CC1CCCN1)C1Cc2ccccc2C1. The van der Waals surface area contributed by atoms with Gasteiger partial charge in [0.2, 0.25) is 0 Å². The summed E-state index contributed by atoms with van der Waals surface area (Å²) in [7, 11) is 0. The number of nitrogens with one attached hydrogen (secondary N) is 1. The Bertz CT molecular complexity index is 398. The Hall–Kier alpha value is -0.860. The molecular formula is C18H28N2. The molecule has 0 amide bonds. The monoisotopic (exact) mass is 272 g/mol.